The Bertz CT molecular complexity index is 592. The van der Waals surface area contributed by atoms with Gasteiger partial charge in [-0.2, -0.15) is 0 Å². The van der Waals surface area contributed by atoms with Crippen molar-refractivity contribution in [1.82, 2.24) is 5.32 Å². The summed E-state index contributed by atoms with van der Waals surface area (Å²) < 4.78 is 16.4. The molecule has 0 saturated heterocycles. The molecule has 1 fully saturated rings. The van der Waals surface area contributed by atoms with E-state index in [0.717, 1.165) is 30.8 Å². The van der Waals surface area contributed by atoms with Crippen molar-refractivity contribution in [3.8, 4) is 11.5 Å². The Kier molecular flexibility index (Phi) is 10.2. The normalized spacial score (nSPS) is 17.2. The topological polar surface area (TPSA) is 86.0 Å². The third-order valence-corrected chi connectivity index (χ3v) is 5.68. The fourth-order valence-electron chi connectivity index (χ4n) is 3.47. The molecule has 6 heteroatoms. The fraction of sp³-hybridized carbons (Fsp3) is 0.739. The number of rotatable bonds is 15. The molecule has 0 amide bonds. The van der Waals surface area contributed by atoms with E-state index < -0.39 is 6.10 Å². The summed E-state index contributed by atoms with van der Waals surface area (Å²) in [5.74, 6) is 2.36. The lowest BCUT2D eigenvalue weighted by Gasteiger charge is -2.27. The second-order valence-corrected chi connectivity index (χ2v) is 8.54. The highest BCUT2D eigenvalue weighted by molar-refractivity contribution is 5.43. The molecule has 1 aliphatic rings. The van der Waals surface area contributed by atoms with Gasteiger partial charge in [0.2, 0.25) is 0 Å². The van der Waals surface area contributed by atoms with E-state index in [1.165, 1.54) is 18.4 Å². The molecule has 4 N–H and O–H groups in total. The zero-order valence-electron chi connectivity index (χ0n) is 18.5. The van der Waals surface area contributed by atoms with Gasteiger partial charge in [-0.1, -0.05) is 19.9 Å². The number of benzene rings is 1. The number of hydrogen-bond donors (Lipinski definition) is 3. The van der Waals surface area contributed by atoms with Gasteiger partial charge in [0.15, 0.2) is 11.5 Å². The van der Waals surface area contributed by atoms with Gasteiger partial charge in [-0.05, 0) is 55.2 Å². The maximum Gasteiger partial charge on any atom is 0.161 e. The van der Waals surface area contributed by atoms with Gasteiger partial charge in [-0.25, -0.2) is 0 Å². The first kappa shape index (κ1) is 23.9. The largest absolute Gasteiger partial charge is 0.493 e. The van der Waals surface area contributed by atoms with Crippen LogP contribution in [-0.4, -0.2) is 57.3 Å². The standard InChI is InChI=1S/C23H40N2O4/c1-16(2)18(14-20(24)21(26)15-25-19-7-8-19)12-17-6-9-22(28-4)23(13-17)29-11-5-10-27-3/h6,9,13,16,18-21,25-26H,5,7-8,10-12,14-15,24H2,1-4H3/t18-,20-,21-/m0/s1. The highest BCUT2D eigenvalue weighted by Gasteiger charge is 2.26. The SMILES string of the molecule is COCCCOc1cc(C[C@@H](C[C@H](N)[C@@H](O)CNC2CC2)C(C)C)ccc1OC. The third-order valence-electron chi connectivity index (χ3n) is 5.68. The molecule has 166 valence electrons. The smallest absolute Gasteiger partial charge is 0.161 e. The Labute approximate surface area is 176 Å². The lowest BCUT2D eigenvalue weighted by atomic mass is 9.83. The molecule has 1 aromatic carbocycles. The van der Waals surface area contributed by atoms with Gasteiger partial charge in [0.25, 0.3) is 0 Å². The van der Waals surface area contributed by atoms with Gasteiger partial charge in [-0.3, -0.25) is 0 Å². The summed E-state index contributed by atoms with van der Waals surface area (Å²) >= 11 is 0. The van der Waals surface area contributed by atoms with Crippen LogP contribution in [0.2, 0.25) is 0 Å². The van der Waals surface area contributed by atoms with Crippen LogP contribution in [0, 0.1) is 11.8 Å². The van der Waals surface area contributed by atoms with Crippen molar-refractivity contribution < 1.29 is 19.3 Å². The number of ether oxygens (including phenoxy) is 3. The minimum absolute atomic E-state index is 0.225. The lowest BCUT2D eigenvalue weighted by molar-refractivity contribution is 0.124. The molecule has 29 heavy (non-hydrogen) atoms. The minimum atomic E-state index is -0.507. The van der Waals surface area contributed by atoms with Crippen LogP contribution >= 0.6 is 0 Å². The van der Waals surface area contributed by atoms with Crippen LogP contribution in [0.4, 0.5) is 0 Å². The zero-order valence-corrected chi connectivity index (χ0v) is 18.5. The summed E-state index contributed by atoms with van der Waals surface area (Å²) in [6.07, 6.45) is 4.44. The molecule has 1 aromatic rings. The molecule has 2 rings (SSSR count). The minimum Gasteiger partial charge on any atom is -0.493 e. The average molecular weight is 409 g/mol. The van der Waals surface area contributed by atoms with Crippen LogP contribution in [0.25, 0.3) is 0 Å². The molecule has 3 atom stereocenters. The third kappa shape index (κ3) is 8.51. The second-order valence-electron chi connectivity index (χ2n) is 8.54. The van der Waals surface area contributed by atoms with Crippen molar-refractivity contribution in [2.75, 3.05) is 34.0 Å². The van der Waals surface area contributed by atoms with E-state index in [0.29, 0.717) is 37.6 Å². The first-order valence-corrected chi connectivity index (χ1v) is 10.9. The molecular formula is C23H40N2O4. The van der Waals surface area contributed by atoms with Crippen molar-refractivity contribution in [1.29, 1.82) is 0 Å². The molecule has 0 bridgehead atoms. The second kappa shape index (κ2) is 12.4. The summed E-state index contributed by atoms with van der Waals surface area (Å²) in [5, 5.41) is 13.8. The summed E-state index contributed by atoms with van der Waals surface area (Å²) in [7, 11) is 3.35. The summed E-state index contributed by atoms with van der Waals surface area (Å²) in [6.45, 7) is 6.29. The zero-order chi connectivity index (χ0) is 21.2. The number of hydrogen-bond acceptors (Lipinski definition) is 6. The molecular weight excluding hydrogens is 368 g/mol. The maximum absolute atomic E-state index is 10.4. The van der Waals surface area contributed by atoms with Crippen molar-refractivity contribution >= 4 is 0 Å². The molecule has 1 saturated carbocycles. The van der Waals surface area contributed by atoms with Crippen molar-refractivity contribution in [2.45, 2.75) is 64.1 Å². The number of aliphatic hydroxyl groups is 1. The number of methoxy groups -OCH3 is 2. The molecule has 0 spiro atoms. The van der Waals surface area contributed by atoms with Gasteiger partial charge in [-0.15, -0.1) is 0 Å². The molecule has 0 aliphatic heterocycles. The van der Waals surface area contributed by atoms with E-state index in [1.807, 2.05) is 6.07 Å². The summed E-state index contributed by atoms with van der Waals surface area (Å²) in [4.78, 5) is 0. The van der Waals surface area contributed by atoms with Crippen LogP contribution in [0.3, 0.4) is 0 Å². The van der Waals surface area contributed by atoms with E-state index in [4.69, 9.17) is 19.9 Å². The molecule has 0 heterocycles. The van der Waals surface area contributed by atoms with Crippen LogP contribution in [0.15, 0.2) is 18.2 Å². The van der Waals surface area contributed by atoms with Gasteiger partial charge in [0, 0.05) is 38.8 Å². The van der Waals surface area contributed by atoms with Crippen molar-refractivity contribution in [2.24, 2.45) is 17.6 Å². The number of aliphatic hydroxyl groups excluding tert-OH is 1. The Morgan fingerprint density at radius 1 is 1.17 bits per heavy atom. The van der Waals surface area contributed by atoms with E-state index >= 15 is 0 Å². The molecule has 0 unspecified atom stereocenters. The quantitative estimate of drug-likeness (QED) is 0.387. The molecule has 1 aliphatic carbocycles. The molecule has 0 radical (unpaired) electrons. The van der Waals surface area contributed by atoms with Crippen molar-refractivity contribution in [3.05, 3.63) is 23.8 Å². The van der Waals surface area contributed by atoms with Gasteiger partial charge in [0.05, 0.1) is 19.8 Å². The van der Waals surface area contributed by atoms with Crippen LogP contribution < -0.4 is 20.5 Å². The van der Waals surface area contributed by atoms with Gasteiger partial charge >= 0.3 is 0 Å². The number of nitrogens with two attached hydrogens (primary N) is 1. The molecule has 6 nitrogen and oxygen atoms in total. The highest BCUT2D eigenvalue weighted by Crippen LogP contribution is 2.31. The van der Waals surface area contributed by atoms with Gasteiger partial charge in [0.1, 0.15) is 0 Å². The van der Waals surface area contributed by atoms with E-state index in [9.17, 15) is 5.11 Å². The first-order chi connectivity index (χ1) is 13.9. The van der Waals surface area contributed by atoms with E-state index in [-0.39, 0.29) is 6.04 Å². The van der Waals surface area contributed by atoms with E-state index in [2.05, 4.69) is 31.3 Å². The Morgan fingerprint density at radius 2 is 1.93 bits per heavy atom. The lowest BCUT2D eigenvalue weighted by Crippen LogP contribution is -2.44. The van der Waals surface area contributed by atoms with Crippen molar-refractivity contribution in [3.63, 3.8) is 0 Å². The number of nitrogens with one attached hydrogen (secondary N) is 1. The van der Waals surface area contributed by atoms with Crippen LogP contribution in [-0.2, 0) is 11.2 Å². The molecule has 0 aromatic heterocycles. The maximum atomic E-state index is 10.4. The summed E-state index contributed by atoms with van der Waals surface area (Å²) in [6, 6.07) is 6.48. The predicted molar refractivity (Wildman–Crippen MR) is 117 cm³/mol. The Hall–Kier alpha value is -1.34. The average Bonchev–Trinajstić information content (AvgIpc) is 3.53. The Morgan fingerprint density at radius 3 is 2.55 bits per heavy atom. The van der Waals surface area contributed by atoms with Gasteiger partial charge < -0.3 is 30.4 Å². The fourth-order valence-corrected chi connectivity index (χ4v) is 3.47. The predicted octanol–water partition coefficient (Wildman–Crippen LogP) is 2.76. The highest BCUT2D eigenvalue weighted by atomic mass is 16.5. The first-order valence-electron chi connectivity index (χ1n) is 10.9. The van der Waals surface area contributed by atoms with E-state index in [1.54, 1.807) is 14.2 Å². The van der Waals surface area contributed by atoms with Crippen LogP contribution in [0.5, 0.6) is 11.5 Å². The van der Waals surface area contributed by atoms with Crippen LogP contribution in [0.1, 0.15) is 45.1 Å². The summed E-state index contributed by atoms with van der Waals surface area (Å²) in [5.41, 5.74) is 7.54. The monoisotopic (exact) mass is 408 g/mol. The Balaban J connectivity index is 1.95.